The normalized spacial score (nSPS) is 25.9. The standard InChI is InChI=1S/C18H20N4/c1-2-4-15-14(3-1)12-5-8-16(15)22(11-12)17-9-10-19-18(21-17)20-13-6-7-13/h1-4,9-10,12-13,16H,5-8,11H2,(H,19,20,21)/t12-,16+/m0/s1. The van der Waals surface area contributed by atoms with E-state index in [1.54, 1.807) is 5.56 Å². The van der Waals surface area contributed by atoms with Gasteiger partial charge in [0, 0.05) is 24.7 Å². The summed E-state index contributed by atoms with van der Waals surface area (Å²) in [6.45, 7) is 1.08. The molecule has 4 nitrogen and oxygen atoms in total. The van der Waals surface area contributed by atoms with Gasteiger partial charge in [0.25, 0.3) is 0 Å². The lowest BCUT2D eigenvalue weighted by atomic mass is 9.75. The van der Waals surface area contributed by atoms with Crippen molar-refractivity contribution in [3.05, 3.63) is 47.7 Å². The SMILES string of the molecule is c1ccc2c(c1)[C@H]1CC[C@H]2N(c2ccnc(NC3CC3)n2)C1. The van der Waals surface area contributed by atoms with Crippen molar-refractivity contribution in [3.63, 3.8) is 0 Å². The summed E-state index contributed by atoms with van der Waals surface area (Å²) in [5, 5.41) is 3.41. The molecule has 1 saturated carbocycles. The summed E-state index contributed by atoms with van der Waals surface area (Å²) in [7, 11) is 0. The molecule has 1 saturated heterocycles. The van der Waals surface area contributed by atoms with Crippen LogP contribution in [-0.4, -0.2) is 22.6 Å². The summed E-state index contributed by atoms with van der Waals surface area (Å²) in [5.41, 5.74) is 3.06. The molecule has 3 heterocycles. The van der Waals surface area contributed by atoms with E-state index in [9.17, 15) is 0 Å². The topological polar surface area (TPSA) is 41.1 Å². The van der Waals surface area contributed by atoms with E-state index in [2.05, 4.69) is 45.5 Å². The third-order valence-corrected chi connectivity index (χ3v) is 5.22. The predicted molar refractivity (Wildman–Crippen MR) is 87.2 cm³/mol. The van der Waals surface area contributed by atoms with E-state index in [1.807, 2.05) is 6.20 Å². The zero-order valence-electron chi connectivity index (χ0n) is 12.6. The van der Waals surface area contributed by atoms with Crippen molar-refractivity contribution in [2.24, 2.45) is 0 Å². The Kier molecular flexibility index (Phi) is 2.66. The molecule has 4 aliphatic rings. The summed E-state index contributed by atoms with van der Waals surface area (Å²) in [6, 6.07) is 12.1. The highest BCUT2D eigenvalue weighted by Gasteiger charge is 2.38. The third-order valence-electron chi connectivity index (χ3n) is 5.22. The Hall–Kier alpha value is -2.10. The quantitative estimate of drug-likeness (QED) is 0.940. The molecule has 1 N–H and O–H groups in total. The minimum absolute atomic E-state index is 0.477. The lowest BCUT2D eigenvalue weighted by Gasteiger charge is -2.47. The molecule has 2 aromatic rings. The molecule has 4 heteroatoms. The zero-order chi connectivity index (χ0) is 14.5. The van der Waals surface area contributed by atoms with Crippen LogP contribution >= 0.6 is 0 Å². The molecule has 0 spiro atoms. The molecule has 2 aliphatic carbocycles. The maximum Gasteiger partial charge on any atom is 0.224 e. The van der Waals surface area contributed by atoms with Crippen LogP contribution in [0.25, 0.3) is 0 Å². The molecule has 112 valence electrons. The minimum atomic E-state index is 0.477. The van der Waals surface area contributed by atoms with Gasteiger partial charge in [-0.25, -0.2) is 4.98 Å². The maximum atomic E-state index is 4.77. The summed E-state index contributed by atoms with van der Waals surface area (Å²) < 4.78 is 0. The van der Waals surface area contributed by atoms with E-state index in [1.165, 1.54) is 31.2 Å². The highest BCUT2D eigenvalue weighted by Crippen LogP contribution is 2.47. The predicted octanol–water partition coefficient (Wildman–Crippen LogP) is 3.49. The number of hydrogen-bond acceptors (Lipinski definition) is 4. The maximum absolute atomic E-state index is 4.77. The lowest BCUT2D eigenvalue weighted by molar-refractivity contribution is 0.387. The second kappa shape index (κ2) is 4.70. The summed E-state index contributed by atoms with van der Waals surface area (Å²) in [6.07, 6.45) is 6.92. The number of nitrogens with one attached hydrogen (secondary N) is 1. The van der Waals surface area contributed by atoms with E-state index in [-0.39, 0.29) is 0 Å². The van der Waals surface area contributed by atoms with E-state index in [0.717, 1.165) is 18.3 Å². The Morgan fingerprint density at radius 3 is 2.73 bits per heavy atom. The van der Waals surface area contributed by atoms with Crippen molar-refractivity contribution in [1.82, 2.24) is 9.97 Å². The van der Waals surface area contributed by atoms with Crippen LogP contribution in [0.2, 0.25) is 0 Å². The molecule has 0 radical (unpaired) electrons. The number of anilines is 2. The van der Waals surface area contributed by atoms with Gasteiger partial charge in [-0.3, -0.25) is 0 Å². The van der Waals surface area contributed by atoms with Gasteiger partial charge in [-0.2, -0.15) is 4.98 Å². The molecule has 0 amide bonds. The molecule has 1 aromatic heterocycles. The molecule has 0 unspecified atom stereocenters. The highest BCUT2D eigenvalue weighted by molar-refractivity contribution is 5.52. The van der Waals surface area contributed by atoms with Crippen LogP contribution in [0.15, 0.2) is 36.5 Å². The average Bonchev–Trinajstić information content (AvgIpc) is 3.40. The second-order valence-corrected chi connectivity index (χ2v) is 6.73. The lowest BCUT2D eigenvalue weighted by Crippen LogP contribution is -2.43. The van der Waals surface area contributed by atoms with Crippen LogP contribution in [0.4, 0.5) is 11.8 Å². The van der Waals surface area contributed by atoms with Crippen LogP contribution in [-0.2, 0) is 0 Å². The second-order valence-electron chi connectivity index (χ2n) is 6.73. The smallest absolute Gasteiger partial charge is 0.224 e. The Balaban J connectivity index is 1.49. The Morgan fingerprint density at radius 2 is 1.86 bits per heavy atom. The molecule has 6 rings (SSSR count). The van der Waals surface area contributed by atoms with Crippen LogP contribution < -0.4 is 10.2 Å². The number of rotatable bonds is 3. The van der Waals surface area contributed by atoms with Gasteiger partial charge < -0.3 is 10.2 Å². The fourth-order valence-corrected chi connectivity index (χ4v) is 3.98. The van der Waals surface area contributed by atoms with Crippen LogP contribution in [0.1, 0.15) is 48.8 Å². The summed E-state index contributed by atoms with van der Waals surface area (Å²) in [5.74, 6) is 2.51. The van der Waals surface area contributed by atoms with E-state index < -0.39 is 0 Å². The number of fused-ring (bicyclic) bond motifs is 2. The first kappa shape index (κ1) is 12.4. The first-order valence-corrected chi connectivity index (χ1v) is 8.33. The first-order chi connectivity index (χ1) is 10.9. The molecule has 2 aliphatic heterocycles. The van der Waals surface area contributed by atoms with Gasteiger partial charge in [0.2, 0.25) is 5.95 Å². The van der Waals surface area contributed by atoms with E-state index in [0.29, 0.717) is 18.0 Å². The van der Waals surface area contributed by atoms with Gasteiger partial charge in [-0.15, -0.1) is 0 Å². The van der Waals surface area contributed by atoms with Crippen LogP contribution in [0.5, 0.6) is 0 Å². The number of piperidine rings is 1. The number of nitrogens with zero attached hydrogens (tertiary/aromatic N) is 3. The van der Waals surface area contributed by atoms with Crippen molar-refractivity contribution in [3.8, 4) is 0 Å². The molecule has 22 heavy (non-hydrogen) atoms. The van der Waals surface area contributed by atoms with Crippen molar-refractivity contribution < 1.29 is 0 Å². The van der Waals surface area contributed by atoms with Gasteiger partial charge in [0.1, 0.15) is 5.82 Å². The van der Waals surface area contributed by atoms with Gasteiger partial charge in [-0.05, 0) is 42.9 Å². The number of hydrogen-bond donors (Lipinski definition) is 1. The Labute approximate surface area is 130 Å². The Bertz CT molecular complexity index is 710. The average molecular weight is 292 g/mol. The fraction of sp³-hybridized carbons (Fsp3) is 0.444. The highest BCUT2D eigenvalue weighted by atomic mass is 15.3. The summed E-state index contributed by atoms with van der Waals surface area (Å²) >= 11 is 0. The fourth-order valence-electron chi connectivity index (χ4n) is 3.98. The van der Waals surface area contributed by atoms with Crippen LogP contribution in [0.3, 0.4) is 0 Å². The first-order valence-electron chi connectivity index (χ1n) is 8.33. The largest absolute Gasteiger partial charge is 0.351 e. The molecule has 2 bridgehead atoms. The van der Waals surface area contributed by atoms with Gasteiger partial charge in [0.05, 0.1) is 6.04 Å². The monoisotopic (exact) mass is 292 g/mol. The zero-order valence-corrected chi connectivity index (χ0v) is 12.6. The van der Waals surface area contributed by atoms with Crippen molar-refractivity contribution in [2.75, 3.05) is 16.8 Å². The molecular formula is C18H20N4. The Morgan fingerprint density at radius 1 is 1.00 bits per heavy atom. The number of benzene rings is 1. The number of aromatic nitrogens is 2. The van der Waals surface area contributed by atoms with Gasteiger partial charge >= 0.3 is 0 Å². The molecule has 2 fully saturated rings. The van der Waals surface area contributed by atoms with Crippen molar-refractivity contribution in [1.29, 1.82) is 0 Å². The van der Waals surface area contributed by atoms with Gasteiger partial charge in [-0.1, -0.05) is 24.3 Å². The van der Waals surface area contributed by atoms with Crippen molar-refractivity contribution in [2.45, 2.75) is 43.7 Å². The molecule has 1 aromatic carbocycles. The van der Waals surface area contributed by atoms with Crippen LogP contribution in [0, 0.1) is 0 Å². The van der Waals surface area contributed by atoms with E-state index >= 15 is 0 Å². The summed E-state index contributed by atoms with van der Waals surface area (Å²) in [4.78, 5) is 11.6. The van der Waals surface area contributed by atoms with Crippen molar-refractivity contribution >= 4 is 11.8 Å². The molecule has 2 atom stereocenters. The third kappa shape index (κ3) is 1.97. The van der Waals surface area contributed by atoms with E-state index in [4.69, 9.17) is 4.98 Å². The minimum Gasteiger partial charge on any atom is -0.351 e. The molecular weight excluding hydrogens is 272 g/mol. The van der Waals surface area contributed by atoms with Gasteiger partial charge in [0.15, 0.2) is 0 Å².